The van der Waals surface area contributed by atoms with E-state index in [-0.39, 0.29) is 35.7 Å². The van der Waals surface area contributed by atoms with Crippen LogP contribution < -0.4 is 0 Å². The van der Waals surface area contributed by atoms with Crippen LogP contribution in [0.25, 0.3) is 0 Å². The third-order valence-electron chi connectivity index (χ3n) is 16.6. The third-order valence-corrected chi connectivity index (χ3v) is 16.6. The van der Waals surface area contributed by atoms with E-state index in [1.807, 2.05) is 13.8 Å². The van der Waals surface area contributed by atoms with E-state index in [4.69, 9.17) is 4.74 Å². The summed E-state index contributed by atoms with van der Waals surface area (Å²) in [5.41, 5.74) is 2.08. The summed E-state index contributed by atoms with van der Waals surface area (Å²) in [6.45, 7) is 31.8. The van der Waals surface area contributed by atoms with Crippen molar-refractivity contribution < 1.29 is 19.4 Å². The highest BCUT2D eigenvalue weighted by molar-refractivity contribution is 5.73. The molecule has 10 atom stereocenters. The van der Waals surface area contributed by atoms with Gasteiger partial charge in [0, 0.05) is 5.41 Å². The van der Waals surface area contributed by atoms with Crippen molar-refractivity contribution in [1.29, 1.82) is 0 Å². The lowest BCUT2D eigenvalue weighted by Gasteiger charge is -2.73. The van der Waals surface area contributed by atoms with Crippen molar-refractivity contribution in [2.45, 2.75) is 165 Å². The molecule has 0 spiro atoms. The Bertz CT molecular complexity index is 1220. The van der Waals surface area contributed by atoms with Gasteiger partial charge in [0.15, 0.2) is 0 Å². The first-order valence-corrected chi connectivity index (χ1v) is 20.1. The lowest BCUT2D eigenvalue weighted by atomic mass is 9.32. The van der Waals surface area contributed by atoms with Gasteiger partial charge in [-0.3, -0.25) is 9.59 Å². The molecule has 0 saturated heterocycles. The molecule has 5 saturated carbocycles. The average molecular weight is 668 g/mol. The number of ether oxygens (including phenoxy) is 1. The number of aliphatic carboxylic acids is 1. The molecule has 0 aromatic heterocycles. The monoisotopic (exact) mass is 668 g/mol. The number of carboxylic acid groups (broad SMARTS) is 1. The van der Waals surface area contributed by atoms with Crippen molar-refractivity contribution in [3.8, 4) is 0 Å². The lowest BCUT2D eigenvalue weighted by Crippen LogP contribution is -2.66. The van der Waals surface area contributed by atoms with Crippen LogP contribution in [0.1, 0.15) is 159 Å². The number of fused-ring (bicyclic) bond motifs is 7. The van der Waals surface area contributed by atoms with Gasteiger partial charge >= 0.3 is 11.9 Å². The second-order valence-electron chi connectivity index (χ2n) is 20.0. The molecule has 0 aromatic rings. The first kappa shape index (κ1) is 37.9. The molecule has 0 radical (unpaired) electrons. The van der Waals surface area contributed by atoms with Crippen LogP contribution in [0, 0.1) is 62.1 Å². The Labute approximate surface area is 294 Å². The highest BCUT2D eigenvalue weighted by Gasteiger charge is 2.71. The minimum Gasteiger partial charge on any atom is -0.481 e. The molecule has 0 aromatic carbocycles. The summed E-state index contributed by atoms with van der Waals surface area (Å²) in [5, 5.41) is 9.34. The fourth-order valence-corrected chi connectivity index (χ4v) is 14.1. The number of carbonyl (C=O) groups is 2. The molecular formula is C43H73NO4. The molecule has 5 heteroatoms. The first-order valence-electron chi connectivity index (χ1n) is 20.1. The molecule has 0 bridgehead atoms. The number of hydrogen-bond donors (Lipinski definition) is 1. The van der Waals surface area contributed by atoms with Crippen LogP contribution in [-0.4, -0.2) is 47.7 Å². The molecule has 5 rings (SSSR count). The molecule has 5 nitrogen and oxygen atoms in total. The summed E-state index contributed by atoms with van der Waals surface area (Å²) in [4.78, 5) is 27.3. The number of esters is 1. The van der Waals surface area contributed by atoms with Crippen molar-refractivity contribution in [3.63, 3.8) is 0 Å². The molecule has 5 aliphatic rings. The minimum atomic E-state index is -0.864. The van der Waals surface area contributed by atoms with Crippen LogP contribution in [0.4, 0.5) is 0 Å². The zero-order chi connectivity index (χ0) is 35.5. The molecule has 5 fully saturated rings. The van der Waals surface area contributed by atoms with Gasteiger partial charge < -0.3 is 14.7 Å². The van der Waals surface area contributed by atoms with Crippen LogP contribution in [0.3, 0.4) is 0 Å². The second kappa shape index (κ2) is 13.3. The van der Waals surface area contributed by atoms with Crippen molar-refractivity contribution in [1.82, 2.24) is 4.90 Å². The summed E-state index contributed by atoms with van der Waals surface area (Å²) < 4.78 is 6.30. The van der Waals surface area contributed by atoms with E-state index < -0.39 is 11.4 Å². The Kier molecular flexibility index (Phi) is 10.5. The maximum Gasteiger partial charge on any atom is 0.306 e. The van der Waals surface area contributed by atoms with Gasteiger partial charge in [0.1, 0.15) is 6.10 Å². The normalized spacial score (nSPS) is 41.9. The predicted octanol–water partition coefficient (Wildman–Crippen LogP) is 10.6. The SMILES string of the molecule is C=C(C)[C@@H]1CC[C@]2(CCN(CC)CCC)CC[C@]3(C)[C@H](CC[C@@H]4[C@@]5(C)CC[C@H](OC(=O)CC(C)(C)CC(=O)O)C(C)(C)[C@@H]5CC[C@]43C)[C@@H]12. The van der Waals surface area contributed by atoms with Gasteiger partial charge in [-0.05, 0) is 160 Å². The number of rotatable bonds is 12. The van der Waals surface area contributed by atoms with Gasteiger partial charge in [-0.2, -0.15) is 0 Å². The van der Waals surface area contributed by atoms with E-state index in [2.05, 4.69) is 66.9 Å². The average Bonchev–Trinajstić information content (AvgIpc) is 3.36. The quantitative estimate of drug-likeness (QED) is 0.166. The van der Waals surface area contributed by atoms with Gasteiger partial charge in [0.05, 0.1) is 12.8 Å². The molecule has 1 N–H and O–H groups in total. The molecule has 274 valence electrons. The van der Waals surface area contributed by atoms with Gasteiger partial charge in [0.25, 0.3) is 0 Å². The predicted molar refractivity (Wildman–Crippen MR) is 197 cm³/mol. The maximum absolute atomic E-state index is 13.2. The summed E-state index contributed by atoms with van der Waals surface area (Å²) in [5.74, 6) is 2.32. The van der Waals surface area contributed by atoms with E-state index in [1.165, 1.54) is 82.9 Å². The summed E-state index contributed by atoms with van der Waals surface area (Å²) in [6, 6.07) is 0. The number of nitrogens with zero attached hydrogens (tertiary/aromatic N) is 1. The van der Waals surface area contributed by atoms with Crippen LogP contribution >= 0.6 is 0 Å². The summed E-state index contributed by atoms with van der Waals surface area (Å²) in [6.07, 6.45) is 15.3. The van der Waals surface area contributed by atoms with Gasteiger partial charge in [-0.25, -0.2) is 0 Å². The van der Waals surface area contributed by atoms with Crippen LogP contribution in [0.2, 0.25) is 0 Å². The second-order valence-corrected chi connectivity index (χ2v) is 20.0. The highest BCUT2D eigenvalue weighted by Crippen LogP contribution is 2.78. The van der Waals surface area contributed by atoms with Crippen molar-refractivity contribution in [2.24, 2.45) is 62.1 Å². The number of carbonyl (C=O) groups excluding carboxylic acids is 1. The van der Waals surface area contributed by atoms with E-state index in [1.54, 1.807) is 0 Å². The zero-order valence-corrected chi connectivity index (χ0v) is 32.8. The molecule has 0 heterocycles. The first-order chi connectivity index (χ1) is 22.3. The van der Waals surface area contributed by atoms with Gasteiger partial charge in [-0.1, -0.05) is 74.5 Å². The zero-order valence-electron chi connectivity index (χ0n) is 32.8. The summed E-state index contributed by atoms with van der Waals surface area (Å²) >= 11 is 0. The van der Waals surface area contributed by atoms with E-state index >= 15 is 0 Å². The minimum absolute atomic E-state index is 0.0258. The van der Waals surface area contributed by atoms with Gasteiger partial charge in [-0.15, -0.1) is 0 Å². The summed E-state index contributed by atoms with van der Waals surface area (Å²) in [7, 11) is 0. The Hall–Kier alpha value is -1.36. The molecule has 0 unspecified atom stereocenters. The molecule has 0 aliphatic heterocycles. The topological polar surface area (TPSA) is 66.8 Å². The van der Waals surface area contributed by atoms with E-state index in [0.29, 0.717) is 34.0 Å². The Balaban J connectivity index is 1.38. The van der Waals surface area contributed by atoms with Crippen LogP contribution in [0.15, 0.2) is 12.2 Å². The Morgan fingerprint density at radius 1 is 0.854 bits per heavy atom. The van der Waals surface area contributed by atoms with Crippen LogP contribution in [0.5, 0.6) is 0 Å². The molecule has 0 amide bonds. The van der Waals surface area contributed by atoms with Crippen molar-refractivity contribution >= 4 is 11.9 Å². The lowest BCUT2D eigenvalue weighted by molar-refractivity contribution is -0.250. The van der Waals surface area contributed by atoms with E-state index in [9.17, 15) is 14.7 Å². The Morgan fingerprint density at radius 3 is 2.19 bits per heavy atom. The number of carboxylic acids is 1. The van der Waals surface area contributed by atoms with Crippen molar-refractivity contribution in [3.05, 3.63) is 12.2 Å². The largest absolute Gasteiger partial charge is 0.481 e. The third kappa shape index (κ3) is 6.25. The van der Waals surface area contributed by atoms with E-state index in [0.717, 1.165) is 31.2 Å². The smallest absolute Gasteiger partial charge is 0.306 e. The Morgan fingerprint density at radius 2 is 1.56 bits per heavy atom. The van der Waals surface area contributed by atoms with Crippen LogP contribution in [-0.2, 0) is 14.3 Å². The van der Waals surface area contributed by atoms with Gasteiger partial charge in [0.2, 0.25) is 0 Å². The molecule has 48 heavy (non-hydrogen) atoms. The fourth-order valence-electron chi connectivity index (χ4n) is 14.1. The molecular weight excluding hydrogens is 594 g/mol. The number of hydrogen-bond acceptors (Lipinski definition) is 4. The highest BCUT2D eigenvalue weighted by atomic mass is 16.5. The van der Waals surface area contributed by atoms with Crippen molar-refractivity contribution in [2.75, 3.05) is 19.6 Å². The maximum atomic E-state index is 13.2. The number of allylic oxidation sites excluding steroid dienone is 1. The standard InChI is InChI=1S/C43H73NO4/c1-12-25-44(13-2)26-24-43-21-16-30(29(3)4)37(43)31-14-15-33-40(9)19-18-34(48-36(47)28-38(5,6)27-35(45)46)39(7,8)32(40)17-20-42(33,11)41(31,10)22-23-43/h30-34,37H,3,12-28H2,1-2,4-11H3,(H,45,46)/t30-,31+,32-,33+,34-,37+,40-,41+,42+,43+/m0/s1. The fraction of sp³-hybridized carbons (Fsp3) is 0.907. The molecule has 5 aliphatic carbocycles.